The summed E-state index contributed by atoms with van der Waals surface area (Å²) in [4.78, 5) is 4.46. The first-order valence-corrected chi connectivity index (χ1v) is 10.8. The second kappa shape index (κ2) is 12.9. The van der Waals surface area contributed by atoms with Gasteiger partial charge in [0.1, 0.15) is 18.8 Å². The van der Waals surface area contributed by atoms with Gasteiger partial charge in [-0.15, -0.1) is 0 Å². The zero-order chi connectivity index (χ0) is 19.3. The van der Waals surface area contributed by atoms with Gasteiger partial charge >= 0.3 is 0 Å². The predicted octanol–water partition coefficient (Wildman–Crippen LogP) is 4.86. The molecule has 2 N–H and O–H groups in total. The lowest BCUT2D eigenvalue weighted by Gasteiger charge is -2.20. The average molecular weight is 376 g/mol. The van der Waals surface area contributed by atoms with Crippen molar-refractivity contribution in [3.8, 4) is 0 Å². The van der Waals surface area contributed by atoms with Crippen LogP contribution in [0.1, 0.15) is 83.1 Å². The normalized spacial score (nSPS) is 18.8. The number of nitrogens with zero attached hydrogens (tertiary/aromatic N) is 1. The number of unbranched alkanes of at least 4 members (excludes halogenated alkanes) is 9. The molecule has 1 aromatic carbocycles. The Kier molecular flexibility index (Phi) is 10.5. The second-order valence-electron chi connectivity index (χ2n) is 7.71. The van der Waals surface area contributed by atoms with E-state index in [1.807, 2.05) is 30.3 Å². The number of aliphatic imine (C=N–C) groups is 1. The molecule has 4 heteroatoms. The zero-order valence-electron chi connectivity index (χ0n) is 16.9. The van der Waals surface area contributed by atoms with Gasteiger partial charge in [-0.25, -0.2) is 4.99 Å². The van der Waals surface area contributed by atoms with Gasteiger partial charge in [-0.1, -0.05) is 89.3 Å². The van der Waals surface area contributed by atoms with Gasteiger partial charge in [0.25, 0.3) is 0 Å². The van der Waals surface area contributed by atoms with Gasteiger partial charge in [-0.05, 0) is 18.6 Å². The molecule has 0 aromatic heterocycles. The molecule has 0 spiro atoms. The van der Waals surface area contributed by atoms with E-state index in [0.29, 0.717) is 18.9 Å². The van der Waals surface area contributed by atoms with E-state index in [4.69, 9.17) is 4.74 Å². The molecule has 27 heavy (non-hydrogen) atoms. The summed E-state index contributed by atoms with van der Waals surface area (Å²) in [5.41, 5.74) is 0.913. The smallest absolute Gasteiger partial charge is 0.216 e. The highest BCUT2D eigenvalue weighted by Crippen LogP contribution is 2.19. The molecule has 0 fully saturated rings. The molecular formula is C23H37NO3. The maximum Gasteiger partial charge on any atom is 0.216 e. The Morgan fingerprint density at radius 1 is 0.926 bits per heavy atom. The molecule has 1 aromatic rings. The molecule has 4 nitrogen and oxygen atoms in total. The van der Waals surface area contributed by atoms with Crippen LogP contribution in [0.4, 0.5) is 0 Å². The summed E-state index contributed by atoms with van der Waals surface area (Å²) in [7, 11) is 0. The van der Waals surface area contributed by atoms with Crippen molar-refractivity contribution < 1.29 is 14.9 Å². The zero-order valence-corrected chi connectivity index (χ0v) is 16.9. The van der Waals surface area contributed by atoms with E-state index >= 15 is 0 Å². The first kappa shape index (κ1) is 21.9. The van der Waals surface area contributed by atoms with Gasteiger partial charge in [-0.3, -0.25) is 0 Å². The number of rotatable bonds is 14. The highest BCUT2D eigenvalue weighted by molar-refractivity contribution is 5.95. The van der Waals surface area contributed by atoms with Crippen molar-refractivity contribution in [2.45, 2.75) is 95.8 Å². The summed E-state index contributed by atoms with van der Waals surface area (Å²) in [5, 5.41) is 20.7. The summed E-state index contributed by atoms with van der Waals surface area (Å²) in [6.45, 7) is 2.58. The fourth-order valence-electron chi connectivity index (χ4n) is 3.57. The third-order valence-electron chi connectivity index (χ3n) is 5.34. The number of hydrogen-bond donors (Lipinski definition) is 2. The Morgan fingerprint density at radius 3 is 2.15 bits per heavy atom. The molecule has 2 rings (SSSR count). The molecule has 1 aliphatic rings. The molecule has 0 amide bonds. The first-order chi connectivity index (χ1) is 13.2. The van der Waals surface area contributed by atoms with Gasteiger partial charge in [0.15, 0.2) is 0 Å². The number of benzene rings is 1. The minimum atomic E-state index is -0.857. The lowest BCUT2D eigenvalue weighted by Crippen LogP contribution is -2.37. The number of aliphatic hydroxyl groups is 2. The van der Waals surface area contributed by atoms with Gasteiger partial charge in [0.2, 0.25) is 5.90 Å². The fourth-order valence-corrected chi connectivity index (χ4v) is 3.57. The van der Waals surface area contributed by atoms with E-state index in [1.54, 1.807) is 0 Å². The summed E-state index contributed by atoms with van der Waals surface area (Å²) < 4.78 is 5.61. The van der Waals surface area contributed by atoms with Crippen molar-refractivity contribution in [3.63, 3.8) is 0 Å². The van der Waals surface area contributed by atoms with Crippen molar-refractivity contribution >= 4 is 5.90 Å². The van der Waals surface area contributed by atoms with E-state index in [-0.39, 0.29) is 6.04 Å². The largest absolute Gasteiger partial charge is 0.475 e. The van der Waals surface area contributed by atoms with Crippen LogP contribution in [0.15, 0.2) is 35.3 Å². The van der Waals surface area contributed by atoms with Crippen LogP contribution in [0.25, 0.3) is 0 Å². The molecule has 0 aliphatic carbocycles. The molecular weight excluding hydrogens is 338 g/mol. The summed E-state index contributed by atoms with van der Waals surface area (Å²) in [6.07, 6.45) is 11.7. The van der Waals surface area contributed by atoms with Crippen LogP contribution < -0.4 is 0 Å². The van der Waals surface area contributed by atoms with E-state index in [1.165, 1.54) is 51.4 Å². The summed E-state index contributed by atoms with van der Waals surface area (Å²) in [6, 6.07) is 9.32. The van der Waals surface area contributed by atoms with Crippen LogP contribution in [-0.2, 0) is 4.74 Å². The Balaban J connectivity index is 1.57. The molecule has 2 unspecified atom stereocenters. The van der Waals surface area contributed by atoms with Crippen molar-refractivity contribution in [1.29, 1.82) is 0 Å². The highest BCUT2D eigenvalue weighted by Gasteiger charge is 2.31. The van der Waals surface area contributed by atoms with E-state index in [2.05, 4.69) is 11.9 Å². The monoisotopic (exact) mass is 375 g/mol. The third kappa shape index (κ3) is 8.02. The predicted molar refractivity (Wildman–Crippen MR) is 111 cm³/mol. The van der Waals surface area contributed by atoms with E-state index in [0.717, 1.165) is 18.4 Å². The standard InChI is InChI=1S/C23H37NO3/c1-2-3-4-5-6-7-8-9-10-14-17-21(25)22(26)20-18-27-23(24-20)19-15-12-11-13-16-19/h11-13,15-16,20-22,25-26H,2-10,14,17-18H2,1H3/t20?,21-,22?/m1/s1. The molecule has 0 saturated carbocycles. The Morgan fingerprint density at radius 2 is 1.52 bits per heavy atom. The molecule has 152 valence electrons. The SMILES string of the molecule is CCCCCCCCCCCC[C@@H](O)C(O)C1COC(c2ccccc2)=N1. The molecule has 0 bridgehead atoms. The quantitative estimate of drug-likeness (QED) is 0.456. The molecule has 0 radical (unpaired) electrons. The van der Waals surface area contributed by atoms with Gasteiger partial charge in [0, 0.05) is 5.56 Å². The fraction of sp³-hybridized carbons (Fsp3) is 0.696. The van der Waals surface area contributed by atoms with Gasteiger partial charge in [-0.2, -0.15) is 0 Å². The number of hydrogen-bond acceptors (Lipinski definition) is 4. The molecule has 0 saturated heterocycles. The molecule has 1 heterocycles. The van der Waals surface area contributed by atoms with E-state index in [9.17, 15) is 10.2 Å². The van der Waals surface area contributed by atoms with Crippen LogP contribution in [0.2, 0.25) is 0 Å². The van der Waals surface area contributed by atoms with Crippen LogP contribution in [-0.4, -0.2) is 41.0 Å². The third-order valence-corrected chi connectivity index (χ3v) is 5.34. The van der Waals surface area contributed by atoms with Crippen LogP contribution in [0.5, 0.6) is 0 Å². The van der Waals surface area contributed by atoms with Crippen molar-refractivity contribution in [1.82, 2.24) is 0 Å². The van der Waals surface area contributed by atoms with E-state index < -0.39 is 12.2 Å². The van der Waals surface area contributed by atoms with Crippen LogP contribution in [0.3, 0.4) is 0 Å². The minimum Gasteiger partial charge on any atom is -0.475 e. The van der Waals surface area contributed by atoms with Gasteiger partial charge < -0.3 is 14.9 Å². The molecule has 3 atom stereocenters. The maximum atomic E-state index is 10.4. The second-order valence-corrected chi connectivity index (χ2v) is 7.71. The van der Waals surface area contributed by atoms with Crippen LogP contribution in [0, 0.1) is 0 Å². The Bertz CT molecular complexity index is 532. The van der Waals surface area contributed by atoms with Crippen LogP contribution >= 0.6 is 0 Å². The van der Waals surface area contributed by atoms with Gasteiger partial charge in [0.05, 0.1) is 6.10 Å². The number of ether oxygens (including phenoxy) is 1. The summed E-state index contributed by atoms with van der Waals surface area (Å²) >= 11 is 0. The Hall–Kier alpha value is -1.39. The lowest BCUT2D eigenvalue weighted by molar-refractivity contribution is -0.00517. The number of aliphatic hydroxyl groups excluding tert-OH is 2. The first-order valence-electron chi connectivity index (χ1n) is 10.8. The van der Waals surface area contributed by atoms with Crippen molar-refractivity contribution in [2.24, 2.45) is 4.99 Å². The summed E-state index contributed by atoms with van der Waals surface area (Å²) in [5.74, 6) is 0.561. The van der Waals surface area contributed by atoms with Crippen molar-refractivity contribution in [3.05, 3.63) is 35.9 Å². The topological polar surface area (TPSA) is 62.0 Å². The van der Waals surface area contributed by atoms with Crippen molar-refractivity contribution in [2.75, 3.05) is 6.61 Å². The average Bonchev–Trinajstić information content (AvgIpc) is 3.19. The minimum absolute atomic E-state index is 0.334. The Labute approximate surface area is 164 Å². The lowest BCUT2D eigenvalue weighted by atomic mass is 10.00. The molecule has 1 aliphatic heterocycles. The highest BCUT2D eigenvalue weighted by atomic mass is 16.5. The maximum absolute atomic E-state index is 10.4.